The van der Waals surface area contributed by atoms with Gasteiger partial charge in [-0.15, -0.1) is 0 Å². The normalized spacial score (nSPS) is 15.2. The van der Waals surface area contributed by atoms with E-state index in [4.69, 9.17) is 0 Å². The Hall–Kier alpha value is -2.44. The minimum Gasteiger partial charge on any atom is -0.324 e. The third kappa shape index (κ3) is 3.27. The fraction of sp³-hybridized carbons (Fsp3) is 0.333. The number of carbonyl (C=O) groups is 2. The minimum atomic E-state index is -0.519. The molecule has 1 aliphatic rings. The summed E-state index contributed by atoms with van der Waals surface area (Å²) in [5.41, 5.74) is 0.294. The number of anilines is 1. The van der Waals surface area contributed by atoms with Gasteiger partial charge in [0.05, 0.1) is 4.92 Å². The summed E-state index contributed by atoms with van der Waals surface area (Å²) < 4.78 is 0. The van der Waals surface area contributed by atoms with E-state index >= 15 is 0 Å². The van der Waals surface area contributed by atoms with Crippen molar-refractivity contribution < 1.29 is 14.5 Å². The van der Waals surface area contributed by atoms with Crippen molar-refractivity contribution in [1.82, 2.24) is 4.90 Å². The highest BCUT2D eigenvalue weighted by atomic mass is 16.6. The van der Waals surface area contributed by atoms with Crippen LogP contribution in [0, 0.1) is 10.1 Å². The van der Waals surface area contributed by atoms with Crippen molar-refractivity contribution in [2.45, 2.75) is 12.8 Å². The van der Waals surface area contributed by atoms with Gasteiger partial charge < -0.3 is 10.2 Å². The number of piperidine rings is 1. The van der Waals surface area contributed by atoms with E-state index in [0.29, 0.717) is 31.6 Å². The minimum absolute atomic E-state index is 0.0772. The molecule has 0 radical (unpaired) electrons. The van der Waals surface area contributed by atoms with E-state index in [1.807, 2.05) is 0 Å². The van der Waals surface area contributed by atoms with Gasteiger partial charge >= 0.3 is 6.03 Å². The first kappa shape index (κ1) is 13.0. The molecular formula is C12H13N3O4. The summed E-state index contributed by atoms with van der Waals surface area (Å²) in [6.45, 7) is 0.777. The van der Waals surface area contributed by atoms with Crippen LogP contribution in [0.25, 0.3) is 0 Å². The standard InChI is InChI=1S/C12H13N3O4/c16-11-4-6-14(7-5-11)12(17)13-9-2-1-3-10(8-9)15(18)19/h1-3,8H,4-7H2,(H,13,17). The van der Waals surface area contributed by atoms with Crippen LogP contribution in [0.4, 0.5) is 16.2 Å². The lowest BCUT2D eigenvalue weighted by Crippen LogP contribution is -2.41. The van der Waals surface area contributed by atoms with E-state index in [1.54, 1.807) is 6.07 Å². The van der Waals surface area contributed by atoms with Gasteiger partial charge in [0.2, 0.25) is 0 Å². The highest BCUT2D eigenvalue weighted by Gasteiger charge is 2.20. The summed E-state index contributed by atoms with van der Waals surface area (Å²) in [7, 11) is 0. The van der Waals surface area contributed by atoms with Gasteiger partial charge in [-0.1, -0.05) is 6.07 Å². The molecule has 0 bridgehead atoms. The second-order valence-corrected chi connectivity index (χ2v) is 4.26. The Morgan fingerprint density at radius 1 is 1.32 bits per heavy atom. The smallest absolute Gasteiger partial charge is 0.321 e. The van der Waals surface area contributed by atoms with Crippen molar-refractivity contribution >= 4 is 23.2 Å². The van der Waals surface area contributed by atoms with Gasteiger partial charge in [0.25, 0.3) is 5.69 Å². The zero-order chi connectivity index (χ0) is 13.8. The number of rotatable bonds is 2. The monoisotopic (exact) mass is 263 g/mol. The van der Waals surface area contributed by atoms with E-state index in [-0.39, 0.29) is 17.5 Å². The van der Waals surface area contributed by atoms with Crippen molar-refractivity contribution in [2.24, 2.45) is 0 Å². The molecule has 2 rings (SSSR count). The maximum Gasteiger partial charge on any atom is 0.321 e. The zero-order valence-electron chi connectivity index (χ0n) is 10.2. The lowest BCUT2D eigenvalue weighted by atomic mass is 10.1. The van der Waals surface area contributed by atoms with Gasteiger partial charge in [-0.05, 0) is 6.07 Å². The fourth-order valence-corrected chi connectivity index (χ4v) is 1.86. The Morgan fingerprint density at radius 3 is 2.63 bits per heavy atom. The molecule has 1 saturated heterocycles. The van der Waals surface area contributed by atoms with Crippen LogP contribution < -0.4 is 5.32 Å². The quantitative estimate of drug-likeness (QED) is 0.650. The SMILES string of the molecule is O=C1CCN(C(=O)Nc2cccc([N+](=O)[O-])c2)CC1. The summed E-state index contributed by atoms with van der Waals surface area (Å²) in [5, 5.41) is 13.2. The number of ketones is 1. The van der Waals surface area contributed by atoms with Crippen molar-refractivity contribution in [3.05, 3.63) is 34.4 Å². The predicted octanol–water partition coefficient (Wildman–Crippen LogP) is 1.79. The number of urea groups is 1. The van der Waals surface area contributed by atoms with Crippen LogP contribution in [-0.2, 0) is 4.79 Å². The predicted molar refractivity (Wildman–Crippen MR) is 67.9 cm³/mol. The summed E-state index contributed by atoms with van der Waals surface area (Å²) in [4.78, 5) is 34.6. The highest BCUT2D eigenvalue weighted by molar-refractivity contribution is 5.91. The highest BCUT2D eigenvalue weighted by Crippen LogP contribution is 2.18. The third-order valence-corrected chi connectivity index (χ3v) is 2.92. The molecule has 0 aromatic heterocycles. The van der Waals surface area contributed by atoms with Gasteiger partial charge in [-0.25, -0.2) is 4.79 Å². The maximum absolute atomic E-state index is 11.9. The first-order valence-electron chi connectivity index (χ1n) is 5.88. The summed E-state index contributed by atoms with van der Waals surface area (Å²) in [6.07, 6.45) is 0.727. The molecule has 0 spiro atoms. The van der Waals surface area contributed by atoms with E-state index < -0.39 is 4.92 Å². The molecule has 1 N–H and O–H groups in total. The molecule has 7 heteroatoms. The van der Waals surface area contributed by atoms with Crippen molar-refractivity contribution in [2.75, 3.05) is 18.4 Å². The summed E-state index contributed by atoms with van der Waals surface area (Å²) in [6, 6.07) is 5.41. The Morgan fingerprint density at radius 2 is 2.00 bits per heavy atom. The number of hydrogen-bond donors (Lipinski definition) is 1. The van der Waals surface area contributed by atoms with Crippen LogP contribution in [-0.4, -0.2) is 34.7 Å². The molecule has 19 heavy (non-hydrogen) atoms. The second-order valence-electron chi connectivity index (χ2n) is 4.26. The van der Waals surface area contributed by atoms with Crippen molar-refractivity contribution in [3.8, 4) is 0 Å². The summed E-state index contributed by atoms with van der Waals surface area (Å²) >= 11 is 0. The largest absolute Gasteiger partial charge is 0.324 e. The Kier molecular flexibility index (Phi) is 3.74. The van der Waals surface area contributed by atoms with Gasteiger partial charge in [0, 0.05) is 43.8 Å². The molecule has 100 valence electrons. The number of Topliss-reactive ketones (excluding diaryl/α,β-unsaturated/α-hetero) is 1. The Balaban J connectivity index is 2.00. The Labute approximate surface area is 109 Å². The number of benzene rings is 1. The van der Waals surface area contributed by atoms with E-state index in [9.17, 15) is 19.7 Å². The summed E-state index contributed by atoms with van der Waals surface area (Å²) in [5.74, 6) is 0.152. The number of nitro benzene ring substituents is 1. The fourth-order valence-electron chi connectivity index (χ4n) is 1.86. The van der Waals surface area contributed by atoms with Crippen LogP contribution in [0.5, 0.6) is 0 Å². The van der Waals surface area contributed by atoms with Crippen LogP contribution >= 0.6 is 0 Å². The molecule has 0 aliphatic carbocycles. The second kappa shape index (κ2) is 5.47. The first-order valence-corrected chi connectivity index (χ1v) is 5.88. The van der Waals surface area contributed by atoms with Crippen LogP contribution in [0.3, 0.4) is 0 Å². The lowest BCUT2D eigenvalue weighted by molar-refractivity contribution is -0.384. The average Bonchev–Trinajstić information content (AvgIpc) is 2.39. The van der Waals surface area contributed by atoms with E-state index in [2.05, 4.69) is 5.32 Å². The van der Waals surface area contributed by atoms with Gasteiger partial charge in [0.15, 0.2) is 0 Å². The number of likely N-dealkylation sites (tertiary alicyclic amines) is 1. The number of carbonyl (C=O) groups excluding carboxylic acids is 2. The van der Waals surface area contributed by atoms with E-state index in [1.165, 1.54) is 23.1 Å². The molecule has 0 saturated carbocycles. The molecule has 0 atom stereocenters. The average molecular weight is 263 g/mol. The van der Waals surface area contributed by atoms with Crippen molar-refractivity contribution in [3.63, 3.8) is 0 Å². The molecular weight excluding hydrogens is 250 g/mol. The maximum atomic E-state index is 11.9. The molecule has 1 heterocycles. The molecule has 1 aromatic carbocycles. The number of hydrogen-bond acceptors (Lipinski definition) is 4. The number of non-ortho nitro benzene ring substituents is 1. The number of nitro groups is 1. The molecule has 7 nitrogen and oxygen atoms in total. The van der Waals surface area contributed by atoms with Gasteiger partial charge in [-0.3, -0.25) is 14.9 Å². The van der Waals surface area contributed by atoms with Crippen LogP contribution in [0.15, 0.2) is 24.3 Å². The molecule has 1 aromatic rings. The van der Waals surface area contributed by atoms with E-state index in [0.717, 1.165) is 0 Å². The lowest BCUT2D eigenvalue weighted by Gasteiger charge is -2.26. The number of amides is 2. The topological polar surface area (TPSA) is 92.6 Å². The Bertz CT molecular complexity index is 519. The molecule has 0 unspecified atom stereocenters. The zero-order valence-corrected chi connectivity index (χ0v) is 10.2. The first-order chi connectivity index (χ1) is 9.06. The molecule has 1 fully saturated rings. The van der Waals surface area contributed by atoms with Gasteiger partial charge in [-0.2, -0.15) is 0 Å². The molecule has 2 amide bonds. The molecule has 1 aliphatic heterocycles. The van der Waals surface area contributed by atoms with Gasteiger partial charge in [0.1, 0.15) is 5.78 Å². The third-order valence-electron chi connectivity index (χ3n) is 2.92. The number of nitrogens with zero attached hydrogens (tertiary/aromatic N) is 2. The van der Waals surface area contributed by atoms with Crippen molar-refractivity contribution in [1.29, 1.82) is 0 Å². The number of nitrogens with one attached hydrogen (secondary N) is 1. The van der Waals surface area contributed by atoms with Crippen LogP contribution in [0.2, 0.25) is 0 Å². The van der Waals surface area contributed by atoms with Crippen LogP contribution in [0.1, 0.15) is 12.8 Å².